The molecule has 0 saturated heterocycles. The number of hydrogen-bond acceptors (Lipinski definition) is 5. The highest BCUT2D eigenvalue weighted by molar-refractivity contribution is 6.05. The Balaban J connectivity index is 1.89. The van der Waals surface area contributed by atoms with E-state index in [-0.39, 0.29) is 30.2 Å². The van der Waals surface area contributed by atoms with E-state index >= 15 is 0 Å². The highest BCUT2D eigenvalue weighted by Crippen LogP contribution is 2.35. The Morgan fingerprint density at radius 3 is 2.67 bits per heavy atom. The van der Waals surface area contributed by atoms with Gasteiger partial charge in [-0.25, -0.2) is 9.67 Å². The van der Waals surface area contributed by atoms with Crippen molar-refractivity contribution in [2.45, 2.75) is 13.1 Å². The van der Waals surface area contributed by atoms with E-state index in [1.807, 2.05) is 0 Å². The standard InChI is InChI=1S/C20H19F3N4O3/c1-13-15(12-25-27(13)18-5-3-4-8-24-18)19(28)26-16-11-14(20(21,22)23)6-7-17(16)30-10-9-29-2/h3-8,11-12H,9-10H2,1-2H3,(H,26,28). The lowest BCUT2D eigenvalue weighted by Gasteiger charge is -2.15. The Morgan fingerprint density at radius 1 is 1.20 bits per heavy atom. The summed E-state index contributed by atoms with van der Waals surface area (Å²) in [4.78, 5) is 16.9. The Morgan fingerprint density at radius 2 is 2.00 bits per heavy atom. The molecule has 3 aromatic rings. The van der Waals surface area contributed by atoms with Crippen molar-refractivity contribution in [1.29, 1.82) is 0 Å². The lowest BCUT2D eigenvalue weighted by molar-refractivity contribution is -0.137. The maximum absolute atomic E-state index is 13.1. The molecule has 2 heterocycles. The second-order valence-electron chi connectivity index (χ2n) is 6.25. The molecular formula is C20H19F3N4O3. The second-order valence-corrected chi connectivity index (χ2v) is 6.25. The summed E-state index contributed by atoms with van der Waals surface area (Å²) in [5.74, 6) is -0.00882. The number of rotatable bonds is 7. The van der Waals surface area contributed by atoms with Crippen molar-refractivity contribution in [3.05, 3.63) is 65.6 Å². The molecule has 1 aromatic carbocycles. The fourth-order valence-corrected chi connectivity index (χ4v) is 2.70. The SMILES string of the molecule is COCCOc1ccc(C(F)(F)F)cc1NC(=O)c1cnn(-c2ccccn2)c1C. The summed E-state index contributed by atoms with van der Waals surface area (Å²) in [6.07, 6.45) is -1.65. The number of nitrogens with zero attached hydrogens (tertiary/aromatic N) is 3. The van der Waals surface area contributed by atoms with Crippen molar-refractivity contribution in [3.63, 3.8) is 0 Å². The van der Waals surface area contributed by atoms with E-state index in [1.165, 1.54) is 18.0 Å². The smallest absolute Gasteiger partial charge is 0.416 e. The Hall–Kier alpha value is -3.40. The minimum Gasteiger partial charge on any atom is -0.489 e. The van der Waals surface area contributed by atoms with Crippen LogP contribution in [0.5, 0.6) is 5.75 Å². The van der Waals surface area contributed by atoms with Gasteiger partial charge in [0.25, 0.3) is 5.91 Å². The normalized spacial score (nSPS) is 11.4. The summed E-state index contributed by atoms with van der Waals surface area (Å²) in [6, 6.07) is 8.12. The largest absolute Gasteiger partial charge is 0.489 e. The highest BCUT2D eigenvalue weighted by atomic mass is 19.4. The van der Waals surface area contributed by atoms with Crippen LogP contribution in [-0.4, -0.2) is 41.0 Å². The minimum atomic E-state index is -4.57. The van der Waals surface area contributed by atoms with E-state index in [0.29, 0.717) is 11.5 Å². The number of methoxy groups -OCH3 is 1. The predicted octanol–water partition coefficient (Wildman–Crippen LogP) is 3.87. The van der Waals surface area contributed by atoms with Gasteiger partial charge in [0.1, 0.15) is 12.4 Å². The number of carbonyl (C=O) groups excluding carboxylic acids is 1. The summed E-state index contributed by atoms with van der Waals surface area (Å²) in [5, 5.41) is 6.65. The summed E-state index contributed by atoms with van der Waals surface area (Å²) < 4.78 is 51.2. The van der Waals surface area contributed by atoms with E-state index in [9.17, 15) is 18.0 Å². The summed E-state index contributed by atoms with van der Waals surface area (Å²) in [6.45, 7) is 2.02. The number of halogens is 3. The zero-order valence-corrected chi connectivity index (χ0v) is 16.2. The van der Waals surface area contributed by atoms with E-state index in [2.05, 4.69) is 15.4 Å². The molecule has 0 spiro atoms. The van der Waals surface area contributed by atoms with E-state index in [4.69, 9.17) is 9.47 Å². The molecule has 0 unspecified atom stereocenters. The van der Waals surface area contributed by atoms with Crippen molar-refractivity contribution in [2.24, 2.45) is 0 Å². The quantitative estimate of drug-likeness (QED) is 0.587. The lowest BCUT2D eigenvalue weighted by Crippen LogP contribution is -2.16. The Bertz CT molecular complexity index is 1020. The molecule has 0 atom stereocenters. The van der Waals surface area contributed by atoms with Crippen molar-refractivity contribution < 1.29 is 27.4 Å². The van der Waals surface area contributed by atoms with Gasteiger partial charge in [-0.15, -0.1) is 0 Å². The van der Waals surface area contributed by atoms with Gasteiger partial charge in [-0.2, -0.15) is 18.3 Å². The number of benzene rings is 1. The van der Waals surface area contributed by atoms with Gasteiger partial charge in [0, 0.05) is 13.3 Å². The number of nitrogens with one attached hydrogen (secondary N) is 1. The third-order valence-corrected chi connectivity index (χ3v) is 4.22. The molecule has 30 heavy (non-hydrogen) atoms. The van der Waals surface area contributed by atoms with Gasteiger partial charge in [0.2, 0.25) is 0 Å². The maximum Gasteiger partial charge on any atom is 0.416 e. The molecule has 0 aliphatic rings. The van der Waals surface area contributed by atoms with Crippen molar-refractivity contribution in [3.8, 4) is 11.6 Å². The van der Waals surface area contributed by atoms with Crippen molar-refractivity contribution >= 4 is 11.6 Å². The predicted molar refractivity (Wildman–Crippen MR) is 103 cm³/mol. The second kappa shape index (κ2) is 8.95. The number of amides is 1. The van der Waals surface area contributed by atoms with E-state index < -0.39 is 17.6 Å². The Kier molecular flexibility index (Phi) is 6.36. The van der Waals surface area contributed by atoms with Crippen LogP contribution < -0.4 is 10.1 Å². The van der Waals surface area contributed by atoms with Crippen LogP contribution in [0.4, 0.5) is 18.9 Å². The van der Waals surface area contributed by atoms with Gasteiger partial charge in [-0.05, 0) is 37.3 Å². The molecule has 10 heteroatoms. The fraction of sp³-hybridized carbons (Fsp3) is 0.250. The fourth-order valence-electron chi connectivity index (χ4n) is 2.70. The maximum atomic E-state index is 13.1. The van der Waals surface area contributed by atoms with Crippen LogP contribution in [-0.2, 0) is 10.9 Å². The van der Waals surface area contributed by atoms with Crippen LogP contribution in [0.3, 0.4) is 0 Å². The van der Waals surface area contributed by atoms with Crippen molar-refractivity contribution in [2.75, 3.05) is 25.6 Å². The number of aromatic nitrogens is 3. The van der Waals surface area contributed by atoms with E-state index in [0.717, 1.165) is 18.2 Å². The number of carbonyl (C=O) groups is 1. The van der Waals surface area contributed by atoms with Crippen LogP contribution in [0.15, 0.2) is 48.8 Å². The molecule has 0 radical (unpaired) electrons. The van der Waals surface area contributed by atoms with Gasteiger partial charge < -0.3 is 14.8 Å². The molecule has 1 N–H and O–H groups in total. The van der Waals surface area contributed by atoms with Crippen molar-refractivity contribution in [1.82, 2.24) is 14.8 Å². The third kappa shape index (κ3) is 4.77. The first-order valence-electron chi connectivity index (χ1n) is 8.91. The molecule has 3 rings (SSSR count). The molecule has 0 bridgehead atoms. The molecule has 1 amide bonds. The van der Waals surface area contributed by atoms with Gasteiger partial charge in [-0.1, -0.05) is 6.07 Å². The molecule has 7 nitrogen and oxygen atoms in total. The number of alkyl halides is 3. The zero-order valence-electron chi connectivity index (χ0n) is 16.2. The highest BCUT2D eigenvalue weighted by Gasteiger charge is 2.31. The summed E-state index contributed by atoms with van der Waals surface area (Å²) in [5.41, 5.74) is -0.324. The van der Waals surface area contributed by atoms with Gasteiger partial charge >= 0.3 is 6.18 Å². The summed E-state index contributed by atoms with van der Waals surface area (Å²) >= 11 is 0. The molecule has 158 valence electrons. The number of hydrogen-bond donors (Lipinski definition) is 1. The number of ether oxygens (including phenoxy) is 2. The third-order valence-electron chi connectivity index (χ3n) is 4.22. The molecule has 0 aliphatic heterocycles. The minimum absolute atomic E-state index is 0.100. The first-order valence-corrected chi connectivity index (χ1v) is 8.91. The molecule has 0 aliphatic carbocycles. The topological polar surface area (TPSA) is 78.3 Å². The first-order chi connectivity index (χ1) is 14.3. The number of pyridine rings is 1. The van der Waals surface area contributed by atoms with Crippen LogP contribution in [0.1, 0.15) is 21.6 Å². The Labute approximate surface area is 170 Å². The van der Waals surface area contributed by atoms with Crippen LogP contribution in [0.25, 0.3) is 5.82 Å². The van der Waals surface area contributed by atoms with Gasteiger partial charge in [-0.3, -0.25) is 4.79 Å². The van der Waals surface area contributed by atoms with Gasteiger partial charge in [0.15, 0.2) is 5.82 Å². The average molecular weight is 420 g/mol. The first kappa shape index (κ1) is 21.3. The molecule has 0 fully saturated rings. The average Bonchev–Trinajstić information content (AvgIpc) is 3.10. The van der Waals surface area contributed by atoms with Crippen LogP contribution >= 0.6 is 0 Å². The van der Waals surface area contributed by atoms with E-state index in [1.54, 1.807) is 31.3 Å². The van der Waals surface area contributed by atoms with Gasteiger partial charge in [0.05, 0.1) is 35.3 Å². The molecule has 2 aromatic heterocycles. The zero-order chi connectivity index (χ0) is 21.7. The monoisotopic (exact) mass is 420 g/mol. The van der Waals surface area contributed by atoms with Crippen LogP contribution in [0, 0.1) is 6.92 Å². The molecular weight excluding hydrogens is 401 g/mol. The summed E-state index contributed by atoms with van der Waals surface area (Å²) in [7, 11) is 1.47. The number of anilines is 1. The lowest BCUT2D eigenvalue weighted by atomic mass is 10.1. The molecule has 0 saturated carbocycles. The van der Waals surface area contributed by atoms with Crippen LogP contribution in [0.2, 0.25) is 0 Å².